The first-order valence-corrected chi connectivity index (χ1v) is 10.0. The van der Waals surface area contributed by atoms with Crippen LogP contribution in [0, 0.1) is 0 Å². The highest BCUT2D eigenvalue weighted by Gasteiger charge is 2.30. The zero-order chi connectivity index (χ0) is 17.8. The number of benzene rings is 1. The predicted octanol–water partition coefficient (Wildman–Crippen LogP) is 2.93. The van der Waals surface area contributed by atoms with Crippen molar-refractivity contribution in [3.63, 3.8) is 0 Å². The van der Waals surface area contributed by atoms with Crippen molar-refractivity contribution in [2.45, 2.75) is 19.5 Å². The number of halogens is 1. The molecule has 1 unspecified atom stereocenters. The highest BCUT2D eigenvalue weighted by Crippen LogP contribution is 2.31. The Balaban J connectivity index is 0.00000210. The van der Waals surface area contributed by atoms with Crippen LogP contribution in [0.25, 0.3) is 0 Å². The Kier molecular flexibility index (Phi) is 6.95. The molecule has 0 saturated carbocycles. The van der Waals surface area contributed by atoms with Crippen molar-refractivity contribution in [3.05, 3.63) is 64.1 Å². The van der Waals surface area contributed by atoms with E-state index in [1.54, 1.807) is 11.3 Å². The van der Waals surface area contributed by atoms with Crippen LogP contribution in [-0.4, -0.2) is 62.7 Å². The lowest BCUT2D eigenvalue weighted by Gasteiger charge is -2.38. The lowest BCUT2D eigenvalue weighted by Crippen LogP contribution is -2.48. The van der Waals surface area contributed by atoms with Gasteiger partial charge in [0.05, 0.1) is 6.54 Å². The molecule has 2 aromatic heterocycles. The van der Waals surface area contributed by atoms with Gasteiger partial charge in [-0.2, -0.15) is 0 Å². The number of aromatic nitrogens is 4. The van der Waals surface area contributed by atoms with Gasteiger partial charge < -0.3 is 4.90 Å². The third kappa shape index (κ3) is 4.55. The third-order valence-corrected chi connectivity index (χ3v) is 5.94. The van der Waals surface area contributed by atoms with Crippen LogP contribution < -0.4 is 0 Å². The molecule has 0 radical (unpaired) electrons. The van der Waals surface area contributed by atoms with Crippen LogP contribution in [0.3, 0.4) is 0 Å². The van der Waals surface area contributed by atoms with E-state index in [2.05, 4.69) is 74.0 Å². The summed E-state index contributed by atoms with van der Waals surface area (Å²) in [6.45, 7) is 8.30. The first-order chi connectivity index (χ1) is 12.8. The average molecular weight is 405 g/mol. The quantitative estimate of drug-likeness (QED) is 0.632. The van der Waals surface area contributed by atoms with Crippen LogP contribution in [0.1, 0.15) is 29.2 Å². The van der Waals surface area contributed by atoms with E-state index < -0.39 is 0 Å². The first kappa shape index (κ1) is 19.9. The van der Waals surface area contributed by atoms with Crippen molar-refractivity contribution < 1.29 is 0 Å². The van der Waals surface area contributed by atoms with Gasteiger partial charge in [-0.05, 0) is 34.0 Å². The van der Waals surface area contributed by atoms with Crippen molar-refractivity contribution in [2.24, 2.45) is 0 Å². The van der Waals surface area contributed by atoms with Crippen LogP contribution in [-0.2, 0) is 6.54 Å². The van der Waals surface area contributed by atoms with E-state index in [-0.39, 0.29) is 18.4 Å². The molecule has 1 aliphatic rings. The summed E-state index contributed by atoms with van der Waals surface area (Å²) in [5.74, 6) is 0.932. The van der Waals surface area contributed by atoms with Crippen LogP contribution in [0.4, 0.5) is 0 Å². The number of thiophene rings is 1. The van der Waals surface area contributed by atoms with Gasteiger partial charge in [-0.15, -0.1) is 28.8 Å². The molecular weight excluding hydrogens is 380 g/mol. The fourth-order valence-electron chi connectivity index (χ4n) is 3.53. The summed E-state index contributed by atoms with van der Waals surface area (Å²) in [6.07, 6.45) is 0. The summed E-state index contributed by atoms with van der Waals surface area (Å²) in [5, 5.41) is 14.9. The minimum atomic E-state index is 0. The SMILES string of the molecule is CCN1CCN(C(c2cccs2)c2nnnn2Cc2ccccc2)CC1.Cl. The molecule has 1 aliphatic heterocycles. The molecule has 144 valence electrons. The van der Waals surface area contributed by atoms with Gasteiger partial charge in [0.1, 0.15) is 6.04 Å². The number of hydrogen-bond acceptors (Lipinski definition) is 6. The van der Waals surface area contributed by atoms with Gasteiger partial charge in [0, 0.05) is 31.1 Å². The molecule has 0 bridgehead atoms. The molecule has 0 amide bonds. The van der Waals surface area contributed by atoms with E-state index in [0.29, 0.717) is 6.54 Å². The van der Waals surface area contributed by atoms with E-state index in [1.807, 2.05) is 10.7 Å². The smallest absolute Gasteiger partial charge is 0.174 e. The third-order valence-electron chi connectivity index (χ3n) is 5.01. The highest BCUT2D eigenvalue weighted by molar-refractivity contribution is 7.10. The van der Waals surface area contributed by atoms with Crippen LogP contribution in [0.5, 0.6) is 0 Å². The van der Waals surface area contributed by atoms with E-state index in [4.69, 9.17) is 0 Å². The summed E-state index contributed by atoms with van der Waals surface area (Å²) in [7, 11) is 0. The fraction of sp³-hybridized carbons (Fsp3) is 0.421. The van der Waals surface area contributed by atoms with Gasteiger partial charge in [-0.1, -0.05) is 43.3 Å². The number of likely N-dealkylation sites (N-methyl/N-ethyl adjacent to an activating group) is 1. The molecule has 3 heterocycles. The summed E-state index contributed by atoms with van der Waals surface area (Å²) < 4.78 is 1.95. The van der Waals surface area contributed by atoms with Gasteiger partial charge in [-0.3, -0.25) is 4.90 Å². The second kappa shape index (κ2) is 9.41. The van der Waals surface area contributed by atoms with Crippen molar-refractivity contribution in [1.29, 1.82) is 0 Å². The molecule has 27 heavy (non-hydrogen) atoms. The maximum absolute atomic E-state index is 4.44. The minimum absolute atomic E-state index is 0. The molecule has 4 rings (SSSR count). The number of tetrazole rings is 1. The highest BCUT2D eigenvalue weighted by atomic mass is 35.5. The Morgan fingerprint density at radius 3 is 2.48 bits per heavy atom. The molecule has 1 fully saturated rings. The Labute approximate surface area is 170 Å². The molecule has 1 saturated heterocycles. The van der Waals surface area contributed by atoms with E-state index in [9.17, 15) is 0 Å². The van der Waals surface area contributed by atoms with Gasteiger partial charge >= 0.3 is 0 Å². The zero-order valence-corrected chi connectivity index (χ0v) is 17.1. The maximum atomic E-state index is 4.44. The fourth-order valence-corrected chi connectivity index (χ4v) is 4.39. The van der Waals surface area contributed by atoms with Crippen molar-refractivity contribution in [1.82, 2.24) is 30.0 Å². The summed E-state index contributed by atoms with van der Waals surface area (Å²) in [5.41, 5.74) is 1.21. The number of piperazine rings is 1. The second-order valence-corrected chi connectivity index (χ2v) is 7.55. The molecule has 0 aliphatic carbocycles. The van der Waals surface area contributed by atoms with E-state index in [1.165, 1.54) is 10.4 Å². The number of rotatable bonds is 6. The number of nitrogens with zero attached hydrogens (tertiary/aromatic N) is 6. The Hall–Kier alpha value is -1.80. The molecule has 1 atom stereocenters. The van der Waals surface area contributed by atoms with Gasteiger partial charge in [0.15, 0.2) is 5.82 Å². The second-order valence-electron chi connectivity index (χ2n) is 6.57. The van der Waals surface area contributed by atoms with Gasteiger partial charge in [0.2, 0.25) is 0 Å². The zero-order valence-electron chi connectivity index (χ0n) is 15.4. The molecule has 1 aromatic carbocycles. The largest absolute Gasteiger partial charge is 0.301 e. The van der Waals surface area contributed by atoms with Crippen molar-refractivity contribution in [2.75, 3.05) is 32.7 Å². The van der Waals surface area contributed by atoms with Gasteiger partial charge in [-0.25, -0.2) is 4.68 Å². The van der Waals surface area contributed by atoms with Crippen molar-refractivity contribution >= 4 is 23.7 Å². The van der Waals surface area contributed by atoms with Crippen molar-refractivity contribution in [3.8, 4) is 0 Å². The van der Waals surface area contributed by atoms with Crippen LogP contribution >= 0.6 is 23.7 Å². The van der Waals surface area contributed by atoms with Crippen LogP contribution in [0.15, 0.2) is 47.8 Å². The maximum Gasteiger partial charge on any atom is 0.174 e. The molecular formula is C19H25ClN6S. The lowest BCUT2D eigenvalue weighted by atomic mass is 10.1. The first-order valence-electron chi connectivity index (χ1n) is 9.15. The Bertz CT molecular complexity index is 799. The summed E-state index contributed by atoms with van der Waals surface area (Å²) >= 11 is 1.78. The minimum Gasteiger partial charge on any atom is -0.301 e. The topological polar surface area (TPSA) is 50.1 Å². The molecule has 6 nitrogen and oxygen atoms in total. The van der Waals surface area contributed by atoms with Crippen LogP contribution in [0.2, 0.25) is 0 Å². The normalized spacial score (nSPS) is 16.8. The number of hydrogen-bond donors (Lipinski definition) is 0. The Morgan fingerprint density at radius 2 is 1.81 bits per heavy atom. The predicted molar refractivity (Wildman–Crippen MR) is 110 cm³/mol. The summed E-state index contributed by atoms with van der Waals surface area (Å²) in [6, 6.07) is 14.8. The molecule has 8 heteroatoms. The molecule has 0 N–H and O–H groups in total. The van der Waals surface area contributed by atoms with E-state index >= 15 is 0 Å². The Morgan fingerprint density at radius 1 is 1.04 bits per heavy atom. The molecule has 3 aromatic rings. The average Bonchev–Trinajstić information content (AvgIpc) is 3.37. The monoisotopic (exact) mass is 404 g/mol. The van der Waals surface area contributed by atoms with Gasteiger partial charge in [0.25, 0.3) is 0 Å². The lowest BCUT2D eigenvalue weighted by molar-refractivity contribution is 0.110. The standard InChI is InChI=1S/C19H24N6S.ClH/c1-2-23-10-12-24(13-11-23)18(17-9-6-14-26-17)19-20-21-22-25(19)15-16-7-4-3-5-8-16;/h3-9,14,18H,2,10-13,15H2,1H3;1H. The summed E-state index contributed by atoms with van der Waals surface area (Å²) in [4.78, 5) is 6.32. The molecule has 0 spiro atoms. The van der Waals surface area contributed by atoms with E-state index in [0.717, 1.165) is 38.5 Å².